The maximum atomic E-state index is 12.7. The lowest BCUT2D eigenvalue weighted by Gasteiger charge is -2.34. The van der Waals surface area contributed by atoms with Crippen LogP contribution in [-0.2, 0) is 12.8 Å². The van der Waals surface area contributed by atoms with Crippen molar-refractivity contribution in [1.82, 2.24) is 10.6 Å². The molecule has 1 aromatic carbocycles. The van der Waals surface area contributed by atoms with Crippen molar-refractivity contribution in [2.75, 3.05) is 0 Å². The molecule has 2 amide bonds. The van der Waals surface area contributed by atoms with E-state index in [0.29, 0.717) is 0 Å². The molecule has 2 aromatic rings. The van der Waals surface area contributed by atoms with Gasteiger partial charge in [0.1, 0.15) is 11.5 Å². The first-order chi connectivity index (χ1) is 11.9. The van der Waals surface area contributed by atoms with E-state index in [0.717, 1.165) is 42.8 Å². The van der Waals surface area contributed by atoms with Gasteiger partial charge in [-0.05, 0) is 48.8 Å². The van der Waals surface area contributed by atoms with E-state index in [1.807, 2.05) is 13.0 Å². The number of urea groups is 1. The van der Waals surface area contributed by atoms with E-state index in [1.165, 1.54) is 11.1 Å². The van der Waals surface area contributed by atoms with Gasteiger partial charge in [-0.15, -0.1) is 0 Å². The minimum absolute atomic E-state index is 0.00727. The van der Waals surface area contributed by atoms with Gasteiger partial charge in [0.2, 0.25) is 0 Å². The second-order valence-corrected chi connectivity index (χ2v) is 8.24. The second-order valence-electron chi connectivity index (χ2n) is 8.24. The number of furan rings is 1. The molecule has 0 radical (unpaired) electrons. The Morgan fingerprint density at radius 3 is 2.76 bits per heavy atom. The molecule has 0 spiro atoms. The Balaban J connectivity index is 1.48. The number of nitrogens with one attached hydrogen (secondary N) is 2. The van der Waals surface area contributed by atoms with Crippen LogP contribution in [0.2, 0.25) is 0 Å². The molecule has 4 nitrogen and oxygen atoms in total. The molecule has 1 aromatic heterocycles. The fourth-order valence-electron chi connectivity index (χ4n) is 4.38. The van der Waals surface area contributed by atoms with Crippen LogP contribution in [0.5, 0.6) is 0 Å². The Labute approximate surface area is 149 Å². The molecule has 1 heterocycles. The van der Waals surface area contributed by atoms with Gasteiger partial charge in [0.15, 0.2) is 0 Å². The molecule has 2 atom stereocenters. The van der Waals surface area contributed by atoms with Gasteiger partial charge in [-0.3, -0.25) is 0 Å². The zero-order valence-electron chi connectivity index (χ0n) is 15.2. The molecule has 0 aliphatic heterocycles. The van der Waals surface area contributed by atoms with Crippen LogP contribution < -0.4 is 10.6 Å². The highest BCUT2D eigenvalue weighted by molar-refractivity contribution is 5.75. The summed E-state index contributed by atoms with van der Waals surface area (Å²) in [5, 5.41) is 6.36. The number of hydrogen-bond donors (Lipinski definition) is 2. The monoisotopic (exact) mass is 338 g/mol. The predicted octanol–water partition coefficient (Wildman–Crippen LogP) is 4.59. The van der Waals surface area contributed by atoms with Crippen LogP contribution >= 0.6 is 0 Å². The number of amides is 2. The highest BCUT2D eigenvalue weighted by Crippen LogP contribution is 2.42. The third-order valence-electron chi connectivity index (χ3n) is 5.48. The number of rotatable bonds is 2. The smallest absolute Gasteiger partial charge is 0.315 e. The lowest BCUT2D eigenvalue weighted by molar-refractivity contribution is 0.212. The topological polar surface area (TPSA) is 54.3 Å². The lowest BCUT2D eigenvalue weighted by atomic mass is 9.75. The first-order valence-corrected chi connectivity index (χ1v) is 9.15. The summed E-state index contributed by atoms with van der Waals surface area (Å²) >= 11 is 0. The summed E-state index contributed by atoms with van der Waals surface area (Å²) in [6.07, 6.45) is 3.85. The summed E-state index contributed by atoms with van der Waals surface area (Å²) in [7, 11) is 0. The SMILES string of the molecule is Cc1cc2c(o1)CC(C)(C)C[C@H]2NC(=O)N[C@H]1CCc2ccccc21. The third-order valence-corrected chi connectivity index (χ3v) is 5.48. The van der Waals surface area contributed by atoms with Crippen LogP contribution in [0.3, 0.4) is 0 Å². The van der Waals surface area contributed by atoms with E-state index in [4.69, 9.17) is 4.42 Å². The number of benzene rings is 1. The van der Waals surface area contributed by atoms with Crippen molar-refractivity contribution in [2.24, 2.45) is 5.41 Å². The van der Waals surface area contributed by atoms with Gasteiger partial charge in [0, 0.05) is 12.0 Å². The van der Waals surface area contributed by atoms with Crippen LogP contribution in [0, 0.1) is 12.3 Å². The number of aryl methyl sites for hydroxylation is 2. The van der Waals surface area contributed by atoms with Crippen molar-refractivity contribution < 1.29 is 9.21 Å². The van der Waals surface area contributed by atoms with Crippen molar-refractivity contribution in [1.29, 1.82) is 0 Å². The lowest BCUT2D eigenvalue weighted by Crippen LogP contribution is -2.42. The molecular formula is C21H26N2O2. The molecule has 2 aliphatic carbocycles. The van der Waals surface area contributed by atoms with Crippen molar-refractivity contribution in [3.8, 4) is 0 Å². The standard InChI is InChI=1S/C21H26N2O2/c1-13-10-16-18(11-21(2,3)12-19(16)25-13)23-20(24)22-17-9-8-14-6-4-5-7-15(14)17/h4-7,10,17-18H,8-9,11-12H2,1-3H3,(H2,22,23,24)/t17-,18+/m0/s1. The summed E-state index contributed by atoms with van der Waals surface area (Å²) in [5.41, 5.74) is 3.86. The molecule has 0 fully saturated rings. The summed E-state index contributed by atoms with van der Waals surface area (Å²) < 4.78 is 5.86. The highest BCUT2D eigenvalue weighted by Gasteiger charge is 2.36. The Morgan fingerprint density at radius 2 is 1.92 bits per heavy atom. The molecule has 2 N–H and O–H groups in total. The van der Waals surface area contributed by atoms with Crippen molar-refractivity contribution >= 4 is 6.03 Å². The van der Waals surface area contributed by atoms with E-state index in [9.17, 15) is 4.79 Å². The summed E-state index contributed by atoms with van der Waals surface area (Å²) in [6, 6.07) is 10.5. The van der Waals surface area contributed by atoms with Crippen LogP contribution in [0.15, 0.2) is 34.7 Å². The average Bonchev–Trinajstić information content (AvgIpc) is 3.10. The van der Waals surface area contributed by atoms with E-state index in [1.54, 1.807) is 0 Å². The van der Waals surface area contributed by atoms with E-state index in [-0.39, 0.29) is 23.5 Å². The normalized spacial score (nSPS) is 23.6. The zero-order chi connectivity index (χ0) is 17.6. The quantitative estimate of drug-likeness (QED) is 0.841. The molecule has 4 rings (SSSR count). The van der Waals surface area contributed by atoms with Crippen molar-refractivity contribution in [3.63, 3.8) is 0 Å². The Bertz CT molecular complexity index is 806. The van der Waals surface area contributed by atoms with Crippen molar-refractivity contribution in [2.45, 2.75) is 58.5 Å². The van der Waals surface area contributed by atoms with Gasteiger partial charge in [-0.2, -0.15) is 0 Å². The number of carbonyl (C=O) groups is 1. The van der Waals surface area contributed by atoms with Crippen molar-refractivity contribution in [3.05, 3.63) is 58.5 Å². The minimum Gasteiger partial charge on any atom is -0.466 e. The largest absolute Gasteiger partial charge is 0.466 e. The number of hydrogen-bond acceptors (Lipinski definition) is 2. The van der Waals surface area contributed by atoms with Gasteiger partial charge < -0.3 is 15.1 Å². The van der Waals surface area contributed by atoms with Crippen LogP contribution in [0.1, 0.15) is 67.0 Å². The highest BCUT2D eigenvalue weighted by atomic mass is 16.3. The molecular weight excluding hydrogens is 312 g/mol. The first-order valence-electron chi connectivity index (χ1n) is 9.15. The number of carbonyl (C=O) groups excluding carboxylic acids is 1. The predicted molar refractivity (Wildman–Crippen MR) is 97.5 cm³/mol. The summed E-state index contributed by atoms with van der Waals surface area (Å²) in [6.45, 7) is 6.43. The van der Waals surface area contributed by atoms with E-state index >= 15 is 0 Å². The molecule has 0 saturated carbocycles. The zero-order valence-corrected chi connectivity index (χ0v) is 15.2. The Hall–Kier alpha value is -2.23. The third kappa shape index (κ3) is 3.17. The van der Waals surface area contributed by atoms with E-state index < -0.39 is 0 Å². The fourth-order valence-corrected chi connectivity index (χ4v) is 4.38. The average molecular weight is 338 g/mol. The van der Waals surface area contributed by atoms with Gasteiger partial charge >= 0.3 is 6.03 Å². The molecule has 25 heavy (non-hydrogen) atoms. The van der Waals surface area contributed by atoms with Crippen LogP contribution in [-0.4, -0.2) is 6.03 Å². The maximum absolute atomic E-state index is 12.7. The van der Waals surface area contributed by atoms with Crippen LogP contribution in [0.25, 0.3) is 0 Å². The summed E-state index contributed by atoms with van der Waals surface area (Å²) in [5.74, 6) is 1.94. The maximum Gasteiger partial charge on any atom is 0.315 e. The molecule has 0 saturated heterocycles. The summed E-state index contributed by atoms with van der Waals surface area (Å²) in [4.78, 5) is 12.7. The minimum atomic E-state index is -0.0887. The van der Waals surface area contributed by atoms with Gasteiger partial charge in [-0.1, -0.05) is 38.1 Å². The molecule has 4 heteroatoms. The second kappa shape index (κ2) is 5.94. The molecule has 0 bridgehead atoms. The first kappa shape index (κ1) is 16.2. The number of fused-ring (bicyclic) bond motifs is 2. The van der Waals surface area contributed by atoms with Gasteiger partial charge in [0.25, 0.3) is 0 Å². The Morgan fingerprint density at radius 1 is 1.16 bits per heavy atom. The molecule has 2 aliphatic rings. The fraction of sp³-hybridized carbons (Fsp3) is 0.476. The van der Waals surface area contributed by atoms with E-state index in [2.05, 4.69) is 48.7 Å². The molecule has 0 unspecified atom stereocenters. The van der Waals surface area contributed by atoms with Crippen LogP contribution in [0.4, 0.5) is 4.79 Å². The Kier molecular flexibility index (Phi) is 3.86. The molecule has 132 valence electrons. The van der Waals surface area contributed by atoms with Gasteiger partial charge in [0.05, 0.1) is 12.1 Å². The van der Waals surface area contributed by atoms with Gasteiger partial charge in [-0.25, -0.2) is 4.79 Å².